The molecular weight excluding hydrogens is 394 g/mol. The van der Waals surface area contributed by atoms with Crippen molar-refractivity contribution in [2.45, 2.75) is 26.3 Å². The molecule has 0 unspecified atom stereocenters. The van der Waals surface area contributed by atoms with E-state index in [4.69, 9.17) is 21.1 Å². The molecule has 29 heavy (non-hydrogen) atoms. The van der Waals surface area contributed by atoms with Gasteiger partial charge in [-0.3, -0.25) is 9.59 Å². The van der Waals surface area contributed by atoms with Gasteiger partial charge in [-0.25, -0.2) is 5.43 Å². The van der Waals surface area contributed by atoms with Crippen LogP contribution >= 0.6 is 11.6 Å². The first-order chi connectivity index (χ1) is 14.0. The number of methoxy groups -OCH3 is 1. The van der Waals surface area contributed by atoms with Crippen molar-refractivity contribution in [2.24, 2.45) is 5.10 Å². The van der Waals surface area contributed by atoms with Crippen LogP contribution in [0.5, 0.6) is 11.5 Å². The lowest BCUT2D eigenvalue weighted by molar-refractivity contribution is -0.139. The fourth-order valence-electron chi connectivity index (χ4n) is 2.46. The van der Waals surface area contributed by atoms with Gasteiger partial charge in [0.1, 0.15) is 0 Å². The van der Waals surface area contributed by atoms with Crippen LogP contribution in [0.2, 0.25) is 5.02 Å². The van der Waals surface area contributed by atoms with Crippen LogP contribution in [-0.4, -0.2) is 31.7 Å². The maximum Gasteiger partial charge on any atom is 0.329 e. The monoisotopic (exact) mass is 417 g/mol. The van der Waals surface area contributed by atoms with Crippen molar-refractivity contribution in [1.82, 2.24) is 10.7 Å². The summed E-state index contributed by atoms with van der Waals surface area (Å²) in [5, 5.41) is 6.79. The van der Waals surface area contributed by atoms with Gasteiger partial charge in [0.15, 0.2) is 11.5 Å². The van der Waals surface area contributed by atoms with Crippen LogP contribution in [0.25, 0.3) is 0 Å². The highest BCUT2D eigenvalue weighted by Crippen LogP contribution is 2.36. The average molecular weight is 418 g/mol. The van der Waals surface area contributed by atoms with Crippen LogP contribution in [0.3, 0.4) is 0 Å². The molecule has 0 aliphatic carbocycles. The average Bonchev–Trinajstić information content (AvgIpc) is 2.73. The molecular formula is C21H24ClN3O4. The van der Waals surface area contributed by atoms with E-state index in [1.54, 1.807) is 19.1 Å². The molecule has 0 fully saturated rings. The third-order valence-electron chi connectivity index (χ3n) is 3.94. The molecule has 8 heteroatoms. The van der Waals surface area contributed by atoms with Crippen LogP contribution in [0.1, 0.15) is 37.4 Å². The summed E-state index contributed by atoms with van der Waals surface area (Å²) in [7, 11) is 1.51. The highest BCUT2D eigenvalue weighted by molar-refractivity contribution is 6.35. The van der Waals surface area contributed by atoms with Crippen molar-refractivity contribution in [3.05, 3.63) is 58.6 Å². The Morgan fingerprint density at radius 3 is 2.59 bits per heavy atom. The molecule has 0 aliphatic heterocycles. The zero-order valence-corrected chi connectivity index (χ0v) is 17.3. The van der Waals surface area contributed by atoms with Crippen LogP contribution in [0.4, 0.5) is 0 Å². The molecule has 2 rings (SSSR count). The molecule has 2 N–H and O–H groups in total. The van der Waals surface area contributed by atoms with Crippen molar-refractivity contribution >= 4 is 29.6 Å². The summed E-state index contributed by atoms with van der Waals surface area (Å²) in [6.07, 6.45) is 2.20. The van der Waals surface area contributed by atoms with Crippen LogP contribution in [0.15, 0.2) is 47.6 Å². The Morgan fingerprint density at radius 2 is 1.93 bits per heavy atom. The van der Waals surface area contributed by atoms with Crippen LogP contribution in [0, 0.1) is 0 Å². The van der Waals surface area contributed by atoms with E-state index >= 15 is 0 Å². The summed E-state index contributed by atoms with van der Waals surface area (Å²) in [5.41, 5.74) is 3.67. The molecule has 2 aromatic rings. The Bertz CT molecular complexity index is 872. The van der Waals surface area contributed by atoms with Crippen LogP contribution < -0.4 is 20.2 Å². The van der Waals surface area contributed by atoms with Crippen molar-refractivity contribution < 1.29 is 19.1 Å². The van der Waals surface area contributed by atoms with E-state index in [0.717, 1.165) is 12.0 Å². The second-order valence-corrected chi connectivity index (χ2v) is 6.59. The molecule has 0 radical (unpaired) electrons. The van der Waals surface area contributed by atoms with Gasteiger partial charge < -0.3 is 14.8 Å². The number of amides is 2. The van der Waals surface area contributed by atoms with E-state index in [1.165, 1.54) is 13.3 Å². The quantitative estimate of drug-likeness (QED) is 0.391. The number of hydrazone groups is 1. The number of halogens is 1. The van der Waals surface area contributed by atoms with Gasteiger partial charge in [-0.1, -0.05) is 48.9 Å². The lowest BCUT2D eigenvalue weighted by Gasteiger charge is -2.13. The number of ether oxygens (including phenoxy) is 2. The molecule has 2 aromatic carbocycles. The number of rotatable bonds is 8. The van der Waals surface area contributed by atoms with Gasteiger partial charge in [0, 0.05) is 0 Å². The fourth-order valence-corrected chi connectivity index (χ4v) is 2.74. The lowest BCUT2D eigenvalue weighted by Crippen LogP contribution is -2.39. The number of hydrogen-bond donors (Lipinski definition) is 2. The smallest absolute Gasteiger partial charge is 0.329 e. The van der Waals surface area contributed by atoms with Crippen LogP contribution in [-0.2, 0) is 9.59 Å². The number of hydrogen-bond acceptors (Lipinski definition) is 5. The summed E-state index contributed by atoms with van der Waals surface area (Å²) in [4.78, 5) is 24.0. The number of benzene rings is 2. The van der Waals surface area contributed by atoms with E-state index in [9.17, 15) is 9.59 Å². The summed E-state index contributed by atoms with van der Waals surface area (Å²) < 4.78 is 10.9. The van der Waals surface area contributed by atoms with Crippen molar-refractivity contribution in [3.8, 4) is 11.5 Å². The molecule has 0 saturated carbocycles. The topological polar surface area (TPSA) is 89.0 Å². The van der Waals surface area contributed by atoms with Gasteiger partial charge in [0.25, 0.3) is 0 Å². The fraction of sp³-hybridized carbons (Fsp3) is 0.286. The molecule has 0 bridgehead atoms. The molecule has 0 aromatic heterocycles. The third-order valence-corrected chi connectivity index (χ3v) is 4.22. The van der Waals surface area contributed by atoms with Crippen molar-refractivity contribution in [3.63, 3.8) is 0 Å². The standard InChI is InChI=1S/C21H24ClN3O4/c1-4-10-29-19-17(22)11-15(12-18(19)28-3)13-23-25-21(27)20(26)24-14(2)16-8-6-5-7-9-16/h5-9,11-14H,4,10H2,1-3H3,(H,24,26)(H,25,27)/b23-13-/t14-/m1/s1. The zero-order valence-electron chi connectivity index (χ0n) is 16.6. The summed E-state index contributed by atoms with van der Waals surface area (Å²) in [5.74, 6) is -0.748. The van der Waals surface area contributed by atoms with Gasteiger partial charge >= 0.3 is 11.8 Å². The predicted molar refractivity (Wildman–Crippen MR) is 113 cm³/mol. The largest absolute Gasteiger partial charge is 0.493 e. The number of nitrogens with one attached hydrogen (secondary N) is 2. The number of nitrogens with zero attached hydrogens (tertiary/aromatic N) is 1. The molecule has 154 valence electrons. The van der Waals surface area contributed by atoms with Gasteiger partial charge in [0.2, 0.25) is 0 Å². The Morgan fingerprint density at radius 1 is 1.21 bits per heavy atom. The lowest BCUT2D eigenvalue weighted by atomic mass is 10.1. The molecule has 7 nitrogen and oxygen atoms in total. The molecule has 2 amide bonds. The summed E-state index contributed by atoms with van der Waals surface area (Å²) in [6.45, 7) is 4.29. The maximum absolute atomic E-state index is 12.0. The second kappa shape index (κ2) is 11.1. The molecule has 0 aliphatic rings. The Labute approximate surface area is 175 Å². The Kier molecular flexibility index (Phi) is 8.48. The SMILES string of the molecule is CCCOc1c(Cl)cc(/C=N\NC(=O)C(=O)N[C@H](C)c2ccccc2)cc1OC. The third kappa shape index (κ3) is 6.50. The highest BCUT2D eigenvalue weighted by Gasteiger charge is 2.16. The minimum Gasteiger partial charge on any atom is -0.493 e. The van der Waals surface area contributed by atoms with E-state index < -0.39 is 11.8 Å². The summed E-state index contributed by atoms with van der Waals surface area (Å²) >= 11 is 6.24. The Hall–Kier alpha value is -3.06. The molecule has 0 saturated heterocycles. The second-order valence-electron chi connectivity index (χ2n) is 6.19. The van der Waals surface area contributed by atoms with Gasteiger partial charge in [-0.05, 0) is 36.6 Å². The zero-order chi connectivity index (χ0) is 21.2. The highest BCUT2D eigenvalue weighted by atomic mass is 35.5. The first kappa shape index (κ1) is 22.2. The molecule has 0 spiro atoms. The van der Waals surface area contributed by atoms with Crippen molar-refractivity contribution in [1.29, 1.82) is 0 Å². The van der Waals surface area contributed by atoms with Gasteiger partial charge in [-0.2, -0.15) is 5.10 Å². The first-order valence-corrected chi connectivity index (χ1v) is 9.53. The normalized spacial score (nSPS) is 11.7. The molecule has 1 atom stereocenters. The molecule has 0 heterocycles. The predicted octanol–water partition coefficient (Wildman–Crippen LogP) is 3.46. The van der Waals surface area contributed by atoms with E-state index in [1.807, 2.05) is 37.3 Å². The number of carbonyl (C=O) groups excluding carboxylic acids is 2. The number of carbonyl (C=O) groups is 2. The van der Waals surface area contributed by atoms with E-state index in [0.29, 0.717) is 28.7 Å². The van der Waals surface area contributed by atoms with Gasteiger partial charge in [0.05, 0.1) is 31.0 Å². The minimum absolute atomic E-state index is 0.308. The maximum atomic E-state index is 12.0. The van der Waals surface area contributed by atoms with Gasteiger partial charge in [-0.15, -0.1) is 0 Å². The summed E-state index contributed by atoms with van der Waals surface area (Å²) in [6, 6.07) is 12.3. The minimum atomic E-state index is -0.870. The Balaban J connectivity index is 1.97. The first-order valence-electron chi connectivity index (χ1n) is 9.15. The van der Waals surface area contributed by atoms with Crippen molar-refractivity contribution in [2.75, 3.05) is 13.7 Å². The van der Waals surface area contributed by atoms with E-state index in [-0.39, 0.29) is 6.04 Å². The van der Waals surface area contributed by atoms with E-state index in [2.05, 4.69) is 15.8 Å².